The Balaban J connectivity index is 1.98. The fourth-order valence-corrected chi connectivity index (χ4v) is 2.25. The van der Waals surface area contributed by atoms with E-state index in [1.165, 1.54) is 11.1 Å². The van der Waals surface area contributed by atoms with Crippen molar-refractivity contribution in [1.29, 1.82) is 0 Å². The van der Waals surface area contributed by atoms with Crippen LogP contribution in [0.3, 0.4) is 0 Å². The number of nitrogens with zero attached hydrogens (tertiary/aromatic N) is 4. The highest BCUT2D eigenvalue weighted by atomic mass is 16.5. The molecular weight excluding hydrogens is 296 g/mol. The summed E-state index contributed by atoms with van der Waals surface area (Å²) in [5.41, 5.74) is 1.79. The highest BCUT2D eigenvalue weighted by Crippen LogP contribution is 2.18. The minimum atomic E-state index is -0.171. The molecule has 0 atom stereocenters. The van der Waals surface area contributed by atoms with Gasteiger partial charge in [0.25, 0.3) is 5.91 Å². The van der Waals surface area contributed by atoms with Crippen LogP contribution in [0.2, 0.25) is 0 Å². The molecule has 0 spiro atoms. The van der Waals surface area contributed by atoms with Crippen molar-refractivity contribution in [2.45, 2.75) is 19.8 Å². The zero-order valence-corrected chi connectivity index (χ0v) is 13.5. The molecular formula is C16H20N4O3. The largest absolute Gasteiger partial charge is 0.361 e. The number of pyridine rings is 1. The average molecular weight is 316 g/mol. The fraction of sp³-hybridized carbons (Fsp3) is 0.375. The van der Waals surface area contributed by atoms with Crippen LogP contribution in [0, 0.1) is 6.92 Å². The molecule has 2 aromatic heterocycles. The fourth-order valence-electron chi connectivity index (χ4n) is 2.25. The lowest BCUT2D eigenvalue weighted by Gasteiger charge is -2.20. The standard InChI is InChI=1S/C16H20N4O3/c1-12-9-13(23-18-12)5-4-8-19(2)16(22)14-10-17-7-6-15(14)20(3)11-21/h6-7,9-11H,4-5,8H2,1-3H3. The van der Waals surface area contributed by atoms with Gasteiger partial charge in [-0.3, -0.25) is 14.6 Å². The average Bonchev–Trinajstić information content (AvgIpc) is 2.98. The first-order chi connectivity index (χ1) is 11.0. The molecule has 0 unspecified atom stereocenters. The van der Waals surface area contributed by atoms with Crippen molar-refractivity contribution in [2.24, 2.45) is 0 Å². The van der Waals surface area contributed by atoms with Gasteiger partial charge in [0.1, 0.15) is 5.76 Å². The monoisotopic (exact) mass is 316 g/mol. The van der Waals surface area contributed by atoms with Crippen molar-refractivity contribution < 1.29 is 14.1 Å². The van der Waals surface area contributed by atoms with Crippen LogP contribution in [-0.4, -0.2) is 48.0 Å². The van der Waals surface area contributed by atoms with Crippen molar-refractivity contribution in [1.82, 2.24) is 15.0 Å². The molecule has 0 fully saturated rings. The minimum absolute atomic E-state index is 0.171. The van der Waals surface area contributed by atoms with Crippen molar-refractivity contribution in [3.63, 3.8) is 0 Å². The molecule has 0 aromatic carbocycles. The van der Waals surface area contributed by atoms with E-state index in [0.717, 1.165) is 17.9 Å². The van der Waals surface area contributed by atoms with Crippen LogP contribution in [0.5, 0.6) is 0 Å². The minimum Gasteiger partial charge on any atom is -0.361 e. The molecule has 2 rings (SSSR count). The molecule has 7 heteroatoms. The summed E-state index contributed by atoms with van der Waals surface area (Å²) in [6.45, 7) is 2.44. The van der Waals surface area contributed by atoms with Gasteiger partial charge < -0.3 is 14.3 Å². The summed E-state index contributed by atoms with van der Waals surface area (Å²) in [5, 5.41) is 3.84. The molecule has 0 saturated heterocycles. The quantitative estimate of drug-likeness (QED) is 0.726. The molecule has 2 heterocycles. The van der Waals surface area contributed by atoms with Crippen LogP contribution >= 0.6 is 0 Å². The SMILES string of the molecule is Cc1cc(CCCN(C)C(=O)c2cnccc2N(C)C=O)on1. The molecule has 0 aliphatic carbocycles. The van der Waals surface area contributed by atoms with Gasteiger partial charge in [-0.05, 0) is 19.4 Å². The predicted molar refractivity (Wildman–Crippen MR) is 85.2 cm³/mol. The van der Waals surface area contributed by atoms with Gasteiger partial charge in [0.05, 0.1) is 16.9 Å². The van der Waals surface area contributed by atoms with E-state index in [2.05, 4.69) is 10.1 Å². The highest BCUT2D eigenvalue weighted by Gasteiger charge is 2.18. The normalized spacial score (nSPS) is 10.4. The molecule has 0 saturated carbocycles. The first kappa shape index (κ1) is 16.7. The summed E-state index contributed by atoms with van der Waals surface area (Å²) in [7, 11) is 3.33. The molecule has 7 nitrogen and oxygen atoms in total. The lowest BCUT2D eigenvalue weighted by molar-refractivity contribution is -0.107. The number of rotatable bonds is 7. The summed E-state index contributed by atoms with van der Waals surface area (Å²) in [6.07, 6.45) is 5.17. The number of carbonyl (C=O) groups excluding carboxylic acids is 2. The van der Waals surface area contributed by atoms with E-state index < -0.39 is 0 Å². The Morgan fingerprint density at radius 2 is 2.17 bits per heavy atom. The zero-order valence-electron chi connectivity index (χ0n) is 13.5. The lowest BCUT2D eigenvalue weighted by atomic mass is 10.2. The molecule has 0 aliphatic rings. The molecule has 2 aromatic rings. The Bertz CT molecular complexity index is 683. The second-order valence-corrected chi connectivity index (χ2v) is 5.37. The first-order valence-corrected chi connectivity index (χ1v) is 7.32. The molecule has 0 radical (unpaired) electrons. The van der Waals surface area contributed by atoms with Gasteiger partial charge >= 0.3 is 0 Å². The van der Waals surface area contributed by atoms with E-state index in [9.17, 15) is 9.59 Å². The Morgan fingerprint density at radius 1 is 1.39 bits per heavy atom. The number of hydrogen-bond donors (Lipinski definition) is 0. The van der Waals surface area contributed by atoms with Crippen LogP contribution in [0.15, 0.2) is 29.0 Å². The second-order valence-electron chi connectivity index (χ2n) is 5.37. The van der Waals surface area contributed by atoms with Crippen LogP contribution in [-0.2, 0) is 11.2 Å². The molecule has 0 N–H and O–H groups in total. The molecule has 2 amide bonds. The van der Waals surface area contributed by atoms with Gasteiger partial charge in [-0.2, -0.15) is 0 Å². The van der Waals surface area contributed by atoms with Gasteiger partial charge in [0.2, 0.25) is 6.41 Å². The van der Waals surface area contributed by atoms with E-state index in [1.807, 2.05) is 13.0 Å². The molecule has 0 aliphatic heterocycles. The maximum Gasteiger partial charge on any atom is 0.257 e. The number of hydrogen-bond acceptors (Lipinski definition) is 5. The van der Waals surface area contributed by atoms with Gasteiger partial charge in [-0.25, -0.2) is 0 Å². The topological polar surface area (TPSA) is 79.5 Å². The summed E-state index contributed by atoms with van der Waals surface area (Å²) in [6, 6.07) is 3.53. The Morgan fingerprint density at radius 3 is 2.83 bits per heavy atom. The molecule has 0 bridgehead atoms. The number of aryl methyl sites for hydroxylation is 2. The van der Waals surface area contributed by atoms with E-state index in [-0.39, 0.29) is 5.91 Å². The van der Waals surface area contributed by atoms with Gasteiger partial charge in [-0.1, -0.05) is 5.16 Å². The Hall–Kier alpha value is -2.70. The van der Waals surface area contributed by atoms with Gasteiger partial charge in [-0.15, -0.1) is 0 Å². The molecule has 122 valence electrons. The number of carbonyl (C=O) groups is 2. The Kier molecular flexibility index (Phi) is 5.46. The molecule has 23 heavy (non-hydrogen) atoms. The number of anilines is 1. The summed E-state index contributed by atoms with van der Waals surface area (Å²) < 4.78 is 5.15. The van der Waals surface area contributed by atoms with E-state index in [4.69, 9.17) is 4.52 Å². The van der Waals surface area contributed by atoms with Crippen molar-refractivity contribution in [3.05, 3.63) is 41.5 Å². The second kappa shape index (κ2) is 7.53. The van der Waals surface area contributed by atoms with E-state index in [0.29, 0.717) is 30.6 Å². The third-order valence-electron chi connectivity index (χ3n) is 3.51. The van der Waals surface area contributed by atoms with Crippen LogP contribution in [0.4, 0.5) is 5.69 Å². The lowest BCUT2D eigenvalue weighted by Crippen LogP contribution is -2.30. The van der Waals surface area contributed by atoms with Crippen LogP contribution in [0.25, 0.3) is 0 Å². The summed E-state index contributed by atoms with van der Waals surface area (Å²) >= 11 is 0. The van der Waals surface area contributed by atoms with Crippen molar-refractivity contribution >= 4 is 18.0 Å². The van der Waals surface area contributed by atoms with Crippen LogP contribution in [0.1, 0.15) is 28.2 Å². The summed E-state index contributed by atoms with van der Waals surface area (Å²) in [5.74, 6) is 0.640. The van der Waals surface area contributed by atoms with Crippen molar-refractivity contribution in [2.75, 3.05) is 25.5 Å². The third-order valence-corrected chi connectivity index (χ3v) is 3.51. The highest BCUT2D eigenvalue weighted by molar-refractivity contribution is 6.01. The predicted octanol–water partition coefficient (Wildman–Crippen LogP) is 1.68. The third kappa shape index (κ3) is 4.15. The van der Waals surface area contributed by atoms with Crippen molar-refractivity contribution in [3.8, 4) is 0 Å². The number of aromatic nitrogens is 2. The zero-order chi connectivity index (χ0) is 16.8. The van der Waals surface area contributed by atoms with E-state index in [1.54, 1.807) is 31.3 Å². The number of amides is 2. The van der Waals surface area contributed by atoms with E-state index >= 15 is 0 Å². The van der Waals surface area contributed by atoms with Gasteiger partial charge in [0, 0.05) is 45.5 Å². The maximum atomic E-state index is 12.5. The maximum absolute atomic E-state index is 12.5. The van der Waals surface area contributed by atoms with Crippen LogP contribution < -0.4 is 4.90 Å². The summed E-state index contributed by atoms with van der Waals surface area (Å²) in [4.78, 5) is 30.4. The van der Waals surface area contributed by atoms with Gasteiger partial charge in [0.15, 0.2) is 0 Å². The Labute approximate surface area is 134 Å². The smallest absolute Gasteiger partial charge is 0.257 e. The first-order valence-electron chi connectivity index (χ1n) is 7.32.